The molecule has 9 heteroatoms. The summed E-state index contributed by atoms with van der Waals surface area (Å²) in [6.07, 6.45) is -0.0776. The van der Waals surface area contributed by atoms with Crippen LogP contribution in [0.15, 0.2) is 24.3 Å². The number of hydrogen-bond acceptors (Lipinski definition) is 6. The topological polar surface area (TPSA) is 84.9 Å². The molecule has 0 radical (unpaired) electrons. The number of benzene rings is 1. The van der Waals surface area contributed by atoms with Gasteiger partial charge in [-0.2, -0.15) is 0 Å². The normalized spacial score (nSPS) is 19.4. The van der Waals surface area contributed by atoms with Crippen molar-refractivity contribution in [1.29, 1.82) is 0 Å². The molecule has 148 valence electrons. The molecule has 1 aromatic rings. The molecule has 0 saturated carbocycles. The van der Waals surface area contributed by atoms with Gasteiger partial charge in [0.1, 0.15) is 0 Å². The van der Waals surface area contributed by atoms with Gasteiger partial charge in [0.2, 0.25) is 5.91 Å². The quantitative estimate of drug-likeness (QED) is 0.688. The van der Waals surface area contributed by atoms with Crippen LogP contribution in [-0.2, 0) is 23.9 Å². The summed E-state index contributed by atoms with van der Waals surface area (Å²) in [6, 6.07) is 6.74. The van der Waals surface area contributed by atoms with Crippen molar-refractivity contribution in [2.45, 2.75) is 26.1 Å². The Bertz CT molecular complexity index is 660. The molecular weight excluding hydrogens is 392 g/mol. The van der Waals surface area contributed by atoms with Crippen molar-refractivity contribution in [2.75, 3.05) is 36.5 Å². The monoisotopic (exact) mass is 414 g/mol. The molecule has 0 bridgehead atoms. The van der Waals surface area contributed by atoms with Crippen molar-refractivity contribution in [3.05, 3.63) is 29.3 Å². The van der Waals surface area contributed by atoms with Crippen LogP contribution in [0.5, 0.6) is 0 Å². The third-order valence-electron chi connectivity index (χ3n) is 3.71. The van der Waals surface area contributed by atoms with Gasteiger partial charge >= 0.3 is 5.97 Å². The maximum atomic E-state index is 12.1. The lowest BCUT2D eigenvalue weighted by molar-refractivity contribution is -0.155. The molecule has 27 heavy (non-hydrogen) atoms. The Hall–Kier alpha value is -1.77. The van der Waals surface area contributed by atoms with Gasteiger partial charge in [-0.1, -0.05) is 11.6 Å². The van der Waals surface area contributed by atoms with Gasteiger partial charge < -0.3 is 19.7 Å². The van der Waals surface area contributed by atoms with Crippen molar-refractivity contribution in [3.63, 3.8) is 0 Å². The SMILES string of the molecule is C[C@@H]1CN(C(=O)COC(=O)CSCC(=O)Nc2ccc(Cl)cc2)C[C@@H](C)O1. The lowest BCUT2D eigenvalue weighted by Crippen LogP contribution is -2.49. The van der Waals surface area contributed by atoms with Crippen LogP contribution < -0.4 is 5.32 Å². The average Bonchev–Trinajstić information content (AvgIpc) is 2.61. The number of halogens is 1. The van der Waals surface area contributed by atoms with Crippen molar-refractivity contribution >= 4 is 46.8 Å². The predicted octanol–water partition coefficient (Wildman–Crippen LogP) is 2.19. The Kier molecular flexibility index (Phi) is 8.40. The second-order valence-electron chi connectivity index (χ2n) is 6.26. The Morgan fingerprint density at radius 1 is 1.19 bits per heavy atom. The van der Waals surface area contributed by atoms with Gasteiger partial charge in [0.05, 0.1) is 23.7 Å². The van der Waals surface area contributed by atoms with E-state index >= 15 is 0 Å². The number of thioether (sulfide) groups is 1. The number of nitrogens with zero attached hydrogens (tertiary/aromatic N) is 1. The number of morpholine rings is 1. The number of ether oxygens (including phenoxy) is 2. The molecule has 2 atom stereocenters. The van der Waals surface area contributed by atoms with Crippen LogP contribution in [0.1, 0.15) is 13.8 Å². The lowest BCUT2D eigenvalue weighted by atomic mass is 10.2. The summed E-state index contributed by atoms with van der Waals surface area (Å²) in [5, 5.41) is 3.29. The van der Waals surface area contributed by atoms with Crippen LogP contribution >= 0.6 is 23.4 Å². The van der Waals surface area contributed by atoms with E-state index in [4.69, 9.17) is 21.1 Å². The van der Waals surface area contributed by atoms with Crippen molar-refractivity contribution in [3.8, 4) is 0 Å². The molecule has 0 aromatic heterocycles. The zero-order valence-electron chi connectivity index (χ0n) is 15.3. The van der Waals surface area contributed by atoms with Gasteiger partial charge in [-0.05, 0) is 38.1 Å². The van der Waals surface area contributed by atoms with Crippen molar-refractivity contribution in [2.24, 2.45) is 0 Å². The fourth-order valence-corrected chi connectivity index (χ4v) is 3.35. The van der Waals surface area contributed by atoms with E-state index in [1.165, 1.54) is 0 Å². The van der Waals surface area contributed by atoms with Gasteiger partial charge in [0.25, 0.3) is 5.91 Å². The van der Waals surface area contributed by atoms with E-state index < -0.39 is 5.97 Å². The second-order valence-corrected chi connectivity index (χ2v) is 7.69. The van der Waals surface area contributed by atoms with E-state index in [0.29, 0.717) is 23.8 Å². The summed E-state index contributed by atoms with van der Waals surface area (Å²) in [4.78, 5) is 37.3. The summed E-state index contributed by atoms with van der Waals surface area (Å²) in [7, 11) is 0. The number of anilines is 1. The van der Waals surface area contributed by atoms with E-state index in [9.17, 15) is 14.4 Å². The van der Waals surface area contributed by atoms with Crippen LogP contribution in [0.3, 0.4) is 0 Å². The summed E-state index contributed by atoms with van der Waals surface area (Å²) in [5.41, 5.74) is 0.632. The van der Waals surface area contributed by atoms with Gasteiger partial charge in [-0.15, -0.1) is 11.8 Å². The molecule has 0 spiro atoms. The maximum Gasteiger partial charge on any atom is 0.316 e. The lowest BCUT2D eigenvalue weighted by Gasteiger charge is -2.35. The Labute approximate surface area is 167 Å². The summed E-state index contributed by atoms with van der Waals surface area (Å²) < 4.78 is 10.6. The number of hydrogen-bond donors (Lipinski definition) is 1. The zero-order valence-corrected chi connectivity index (χ0v) is 16.8. The van der Waals surface area contributed by atoms with Crippen LogP contribution in [0.25, 0.3) is 0 Å². The molecule has 1 fully saturated rings. The third kappa shape index (κ3) is 7.78. The summed E-state index contributed by atoms with van der Waals surface area (Å²) in [6.45, 7) is 4.47. The largest absolute Gasteiger partial charge is 0.455 e. The van der Waals surface area contributed by atoms with E-state index in [0.717, 1.165) is 11.8 Å². The number of carbonyl (C=O) groups excluding carboxylic acids is 3. The molecule has 7 nitrogen and oxygen atoms in total. The molecule has 1 N–H and O–H groups in total. The summed E-state index contributed by atoms with van der Waals surface area (Å²) in [5.74, 6) is -0.901. The number of amides is 2. The average molecular weight is 415 g/mol. The first-order valence-electron chi connectivity index (χ1n) is 8.55. The second kappa shape index (κ2) is 10.5. The fraction of sp³-hybridized carbons (Fsp3) is 0.500. The molecule has 1 aromatic carbocycles. The molecule has 1 saturated heterocycles. The Balaban J connectivity index is 1.62. The molecule has 0 unspecified atom stereocenters. The van der Waals surface area contributed by atoms with E-state index in [2.05, 4.69) is 5.32 Å². The van der Waals surface area contributed by atoms with Crippen LogP contribution in [-0.4, -0.2) is 66.1 Å². The predicted molar refractivity (Wildman–Crippen MR) is 105 cm³/mol. The first-order chi connectivity index (χ1) is 12.8. The van der Waals surface area contributed by atoms with Gasteiger partial charge in [0.15, 0.2) is 6.61 Å². The van der Waals surface area contributed by atoms with Gasteiger partial charge in [0, 0.05) is 23.8 Å². The molecule has 1 heterocycles. The third-order valence-corrected chi connectivity index (χ3v) is 4.87. The molecule has 2 rings (SSSR count). The molecular formula is C18H23ClN2O5S. The standard InChI is InChI=1S/C18H23ClN2O5S/c1-12-7-21(8-13(2)26-12)17(23)9-25-18(24)11-27-10-16(22)20-15-5-3-14(19)4-6-15/h3-6,12-13H,7-11H2,1-2H3,(H,20,22)/t12-,13-/m1/s1. The minimum Gasteiger partial charge on any atom is -0.455 e. The number of rotatable bonds is 7. The highest BCUT2D eigenvalue weighted by Gasteiger charge is 2.26. The highest BCUT2D eigenvalue weighted by Crippen LogP contribution is 2.14. The van der Waals surface area contributed by atoms with Crippen LogP contribution in [0.4, 0.5) is 5.69 Å². The van der Waals surface area contributed by atoms with E-state index in [1.807, 2.05) is 13.8 Å². The van der Waals surface area contributed by atoms with Crippen molar-refractivity contribution in [1.82, 2.24) is 4.90 Å². The maximum absolute atomic E-state index is 12.1. The van der Waals surface area contributed by atoms with E-state index in [-0.39, 0.29) is 42.1 Å². The molecule has 1 aliphatic heterocycles. The first kappa shape index (κ1) is 21.5. The Morgan fingerprint density at radius 3 is 2.44 bits per heavy atom. The smallest absolute Gasteiger partial charge is 0.316 e. The van der Waals surface area contributed by atoms with Gasteiger partial charge in [-0.3, -0.25) is 14.4 Å². The zero-order chi connectivity index (χ0) is 19.8. The van der Waals surface area contributed by atoms with Crippen LogP contribution in [0, 0.1) is 0 Å². The Morgan fingerprint density at radius 2 is 1.81 bits per heavy atom. The minimum atomic E-state index is -0.526. The highest BCUT2D eigenvalue weighted by atomic mass is 35.5. The highest BCUT2D eigenvalue weighted by molar-refractivity contribution is 8.00. The number of esters is 1. The minimum absolute atomic E-state index is 0.00274. The van der Waals surface area contributed by atoms with E-state index in [1.54, 1.807) is 29.2 Å². The van der Waals surface area contributed by atoms with Crippen molar-refractivity contribution < 1.29 is 23.9 Å². The van der Waals surface area contributed by atoms with Crippen LogP contribution in [0.2, 0.25) is 5.02 Å². The molecule has 0 aliphatic carbocycles. The fourth-order valence-electron chi connectivity index (χ4n) is 2.61. The number of carbonyl (C=O) groups is 3. The first-order valence-corrected chi connectivity index (χ1v) is 10.1. The number of nitrogens with one attached hydrogen (secondary N) is 1. The molecule has 2 amide bonds. The molecule has 1 aliphatic rings. The summed E-state index contributed by atoms with van der Waals surface area (Å²) >= 11 is 6.90. The van der Waals surface area contributed by atoms with Gasteiger partial charge in [-0.25, -0.2) is 0 Å².